The Morgan fingerprint density at radius 1 is 1.63 bits per heavy atom. The van der Waals surface area contributed by atoms with Crippen molar-refractivity contribution in [3.63, 3.8) is 0 Å². The Balaban J connectivity index is 0.00000180. The number of nitrogens with two attached hydrogens (primary N) is 1. The number of hydrogen-bond donors (Lipinski definition) is 1. The Morgan fingerprint density at radius 3 is 2.95 bits per heavy atom. The molecule has 1 fully saturated rings. The molecule has 108 valence electrons. The van der Waals surface area contributed by atoms with Gasteiger partial charge in [-0.3, -0.25) is 4.79 Å². The van der Waals surface area contributed by atoms with Crippen LogP contribution in [0, 0.1) is 5.92 Å². The molecule has 3 atom stereocenters. The van der Waals surface area contributed by atoms with E-state index in [-0.39, 0.29) is 30.3 Å². The second-order valence-corrected chi connectivity index (χ2v) is 6.11. The van der Waals surface area contributed by atoms with E-state index in [9.17, 15) is 4.79 Å². The Hall–Kier alpha value is -0.580. The summed E-state index contributed by atoms with van der Waals surface area (Å²) in [5.41, 5.74) is 6.95. The number of rotatable bonds is 3. The molecule has 5 heteroatoms. The topological polar surface area (TPSA) is 46.3 Å². The lowest BCUT2D eigenvalue weighted by Crippen LogP contribution is -2.50. The van der Waals surface area contributed by atoms with Crippen LogP contribution in [0.5, 0.6) is 0 Å². The van der Waals surface area contributed by atoms with Gasteiger partial charge in [-0.2, -0.15) is 11.3 Å². The van der Waals surface area contributed by atoms with Crippen molar-refractivity contribution >= 4 is 29.7 Å². The van der Waals surface area contributed by atoms with Gasteiger partial charge in [-0.1, -0.05) is 6.92 Å². The van der Waals surface area contributed by atoms with Crippen molar-refractivity contribution in [2.75, 3.05) is 13.1 Å². The minimum absolute atomic E-state index is 0. The van der Waals surface area contributed by atoms with E-state index in [1.165, 1.54) is 0 Å². The van der Waals surface area contributed by atoms with Crippen molar-refractivity contribution < 1.29 is 4.79 Å². The molecular formula is C14H23ClN2OS. The van der Waals surface area contributed by atoms with Crippen molar-refractivity contribution in [1.82, 2.24) is 4.90 Å². The summed E-state index contributed by atoms with van der Waals surface area (Å²) in [6.07, 6.45) is 2.14. The third-order valence-corrected chi connectivity index (χ3v) is 4.65. The average Bonchev–Trinajstić information content (AvgIpc) is 2.90. The molecule has 19 heavy (non-hydrogen) atoms. The number of carbonyl (C=O) groups excluding carboxylic acids is 1. The molecule has 2 heterocycles. The Morgan fingerprint density at radius 2 is 2.37 bits per heavy atom. The summed E-state index contributed by atoms with van der Waals surface area (Å²) in [4.78, 5) is 14.5. The van der Waals surface area contributed by atoms with Gasteiger partial charge in [0.1, 0.15) is 0 Å². The minimum atomic E-state index is -0.0429. The third-order valence-electron chi connectivity index (χ3n) is 3.95. The lowest BCUT2D eigenvalue weighted by atomic mass is 9.90. The van der Waals surface area contributed by atoms with E-state index < -0.39 is 0 Å². The SMILES string of the molecule is CC1CCN(C(=O)C(C)c2ccsc2)C(CN)C1.Cl. The normalized spacial score (nSPS) is 24.7. The highest BCUT2D eigenvalue weighted by atomic mass is 35.5. The van der Waals surface area contributed by atoms with Gasteiger partial charge < -0.3 is 10.6 Å². The number of piperidine rings is 1. The molecule has 0 radical (unpaired) electrons. The van der Waals surface area contributed by atoms with Crippen LogP contribution in [-0.4, -0.2) is 29.9 Å². The van der Waals surface area contributed by atoms with Gasteiger partial charge in [0.05, 0.1) is 5.92 Å². The molecule has 3 nitrogen and oxygen atoms in total. The van der Waals surface area contributed by atoms with Gasteiger partial charge in [-0.05, 0) is 48.1 Å². The van der Waals surface area contributed by atoms with Gasteiger partial charge in [0.2, 0.25) is 5.91 Å². The van der Waals surface area contributed by atoms with Gasteiger partial charge in [0.25, 0.3) is 0 Å². The average molecular weight is 303 g/mol. The van der Waals surface area contributed by atoms with Gasteiger partial charge in [0.15, 0.2) is 0 Å². The van der Waals surface area contributed by atoms with Crippen LogP contribution in [0.25, 0.3) is 0 Å². The highest BCUT2D eigenvalue weighted by Gasteiger charge is 2.31. The molecule has 1 aliphatic heterocycles. The maximum atomic E-state index is 12.5. The fourth-order valence-corrected chi connectivity index (χ4v) is 3.43. The maximum absolute atomic E-state index is 12.5. The summed E-state index contributed by atoms with van der Waals surface area (Å²) in [5.74, 6) is 0.869. The van der Waals surface area contributed by atoms with Crippen LogP contribution in [0.1, 0.15) is 38.2 Å². The van der Waals surface area contributed by atoms with Crippen molar-refractivity contribution in [3.8, 4) is 0 Å². The van der Waals surface area contributed by atoms with Crippen LogP contribution >= 0.6 is 23.7 Å². The molecule has 0 bridgehead atoms. The Labute approximate surface area is 125 Å². The molecular weight excluding hydrogens is 280 g/mol. The fraction of sp³-hybridized carbons (Fsp3) is 0.643. The zero-order valence-corrected chi connectivity index (χ0v) is 13.2. The third kappa shape index (κ3) is 3.71. The summed E-state index contributed by atoms with van der Waals surface area (Å²) in [6.45, 7) is 5.67. The van der Waals surface area contributed by atoms with E-state index in [1.807, 2.05) is 23.3 Å². The van der Waals surface area contributed by atoms with Crippen LogP contribution in [0.15, 0.2) is 16.8 Å². The van der Waals surface area contributed by atoms with Crippen LogP contribution in [0.3, 0.4) is 0 Å². The van der Waals surface area contributed by atoms with Crippen molar-refractivity contribution in [1.29, 1.82) is 0 Å². The van der Waals surface area contributed by atoms with E-state index >= 15 is 0 Å². The molecule has 0 aromatic carbocycles. The minimum Gasteiger partial charge on any atom is -0.338 e. The number of likely N-dealkylation sites (tertiary alicyclic amines) is 1. The molecule has 2 N–H and O–H groups in total. The molecule has 0 spiro atoms. The standard InChI is InChI=1S/C14H22N2OS.ClH/c1-10-3-5-16(13(7-10)8-15)14(17)11(2)12-4-6-18-9-12;/h4,6,9-11,13H,3,5,7-8,15H2,1-2H3;1H. The molecule has 0 aliphatic carbocycles. The van der Waals surface area contributed by atoms with Crippen molar-refractivity contribution in [3.05, 3.63) is 22.4 Å². The highest BCUT2D eigenvalue weighted by Crippen LogP contribution is 2.27. The molecule has 3 unspecified atom stereocenters. The summed E-state index contributed by atoms with van der Waals surface area (Å²) >= 11 is 1.64. The second kappa shape index (κ2) is 7.27. The van der Waals surface area contributed by atoms with Crippen LogP contribution < -0.4 is 5.73 Å². The number of nitrogens with zero attached hydrogens (tertiary/aromatic N) is 1. The first-order valence-corrected chi connectivity index (χ1v) is 7.60. The van der Waals surface area contributed by atoms with Crippen molar-refractivity contribution in [2.24, 2.45) is 11.7 Å². The van der Waals surface area contributed by atoms with Gasteiger partial charge in [-0.25, -0.2) is 0 Å². The molecule has 1 aromatic rings. The summed E-state index contributed by atoms with van der Waals surface area (Å²) in [7, 11) is 0. The molecule has 1 amide bonds. The number of amides is 1. The molecule has 0 saturated carbocycles. The molecule has 2 rings (SSSR count). The van der Waals surface area contributed by atoms with E-state index in [2.05, 4.69) is 12.3 Å². The van der Waals surface area contributed by atoms with Gasteiger partial charge >= 0.3 is 0 Å². The van der Waals surface area contributed by atoms with E-state index in [0.29, 0.717) is 12.5 Å². The van der Waals surface area contributed by atoms with Crippen molar-refractivity contribution in [2.45, 2.75) is 38.6 Å². The predicted molar refractivity (Wildman–Crippen MR) is 82.9 cm³/mol. The number of halogens is 1. The number of thiophene rings is 1. The van der Waals surface area contributed by atoms with E-state index in [4.69, 9.17) is 5.73 Å². The van der Waals surface area contributed by atoms with Crippen LogP contribution in [0.4, 0.5) is 0 Å². The number of carbonyl (C=O) groups is 1. The smallest absolute Gasteiger partial charge is 0.230 e. The molecule has 1 saturated heterocycles. The van der Waals surface area contributed by atoms with E-state index in [1.54, 1.807) is 11.3 Å². The quantitative estimate of drug-likeness (QED) is 0.933. The first kappa shape index (κ1) is 16.5. The Kier molecular flexibility index (Phi) is 6.30. The molecule has 1 aliphatic rings. The zero-order chi connectivity index (χ0) is 13.1. The summed E-state index contributed by atoms with van der Waals surface area (Å²) in [6, 6.07) is 2.26. The maximum Gasteiger partial charge on any atom is 0.230 e. The largest absolute Gasteiger partial charge is 0.338 e. The van der Waals surface area contributed by atoms with E-state index in [0.717, 1.165) is 24.9 Å². The fourth-order valence-electron chi connectivity index (χ4n) is 2.68. The Bertz CT molecular complexity index is 396. The van der Waals surface area contributed by atoms with Crippen LogP contribution in [-0.2, 0) is 4.79 Å². The first-order chi connectivity index (χ1) is 8.63. The predicted octanol–water partition coefficient (Wildman–Crippen LogP) is 2.86. The zero-order valence-electron chi connectivity index (χ0n) is 11.5. The summed E-state index contributed by atoms with van der Waals surface area (Å²) < 4.78 is 0. The first-order valence-electron chi connectivity index (χ1n) is 6.66. The lowest BCUT2D eigenvalue weighted by Gasteiger charge is -2.39. The van der Waals surface area contributed by atoms with Crippen LogP contribution in [0.2, 0.25) is 0 Å². The van der Waals surface area contributed by atoms with Gasteiger partial charge in [0, 0.05) is 19.1 Å². The monoisotopic (exact) mass is 302 g/mol. The second-order valence-electron chi connectivity index (χ2n) is 5.33. The van der Waals surface area contributed by atoms with Gasteiger partial charge in [-0.15, -0.1) is 12.4 Å². The lowest BCUT2D eigenvalue weighted by molar-refractivity contribution is -0.136. The highest BCUT2D eigenvalue weighted by molar-refractivity contribution is 7.08. The molecule has 1 aromatic heterocycles. The summed E-state index contributed by atoms with van der Waals surface area (Å²) in [5, 5.41) is 4.09. The number of hydrogen-bond acceptors (Lipinski definition) is 3.